The Kier molecular flexibility index (Phi) is 10.6. The number of aliphatic hydroxyl groups is 2. The molecule has 0 aliphatic rings. The van der Waals surface area contributed by atoms with Crippen LogP contribution in [0.25, 0.3) is 11.3 Å². The van der Waals surface area contributed by atoms with Crippen LogP contribution in [0.5, 0.6) is 5.75 Å². The number of benzene rings is 1. The normalized spacial score (nSPS) is 12.3. The molecule has 2 unspecified atom stereocenters. The van der Waals surface area contributed by atoms with Gasteiger partial charge in [0.2, 0.25) is 0 Å². The van der Waals surface area contributed by atoms with Crippen molar-refractivity contribution in [2.75, 3.05) is 7.11 Å². The molecule has 1 aromatic carbocycles. The van der Waals surface area contributed by atoms with Gasteiger partial charge >= 0.3 is 0 Å². The van der Waals surface area contributed by atoms with Crippen LogP contribution in [-0.4, -0.2) is 39.5 Å². The van der Waals surface area contributed by atoms with E-state index >= 15 is 0 Å². The fraction of sp³-hybridized carbons (Fsp3) is 0.412. The molecule has 1 aromatic heterocycles. The minimum absolute atomic E-state index is 0. The van der Waals surface area contributed by atoms with E-state index in [0.717, 1.165) is 22.7 Å². The number of aryl methyl sites for hydroxylation is 1. The molecule has 0 aliphatic carbocycles. The molecule has 1 heterocycles. The van der Waals surface area contributed by atoms with Crippen molar-refractivity contribution in [2.24, 2.45) is 0 Å². The van der Waals surface area contributed by atoms with Crippen LogP contribution < -0.4 is 4.74 Å². The van der Waals surface area contributed by atoms with Gasteiger partial charge in [0.1, 0.15) is 0 Å². The van der Waals surface area contributed by atoms with Crippen LogP contribution in [0.2, 0.25) is 0 Å². The van der Waals surface area contributed by atoms with Crippen molar-refractivity contribution >= 4 is 0 Å². The Labute approximate surface area is 151 Å². The number of hydrogen-bond donors (Lipinski definition) is 2. The fourth-order valence-corrected chi connectivity index (χ4v) is 1.85. The second-order valence-corrected chi connectivity index (χ2v) is 5.07. The number of rotatable bonds is 4. The van der Waals surface area contributed by atoms with E-state index < -0.39 is 0 Å². The summed E-state index contributed by atoms with van der Waals surface area (Å²) < 4.78 is 5.07. The van der Waals surface area contributed by atoms with Crippen LogP contribution in [0.15, 0.2) is 30.6 Å². The minimum Gasteiger partial charge on any atom is -0.540 e. The van der Waals surface area contributed by atoms with E-state index in [-0.39, 0.29) is 32.3 Å². The molecular weight excluding hydrogens is 472 g/mol. The molecule has 1 radical (unpaired) electrons. The van der Waals surface area contributed by atoms with E-state index in [2.05, 4.69) is 16.0 Å². The summed E-state index contributed by atoms with van der Waals surface area (Å²) in [5.41, 5.74) is 2.69. The zero-order valence-corrected chi connectivity index (χ0v) is 16.2. The van der Waals surface area contributed by atoms with E-state index in [1.807, 2.05) is 19.1 Å². The molecule has 2 aromatic rings. The first-order valence-corrected chi connectivity index (χ1v) is 7.13. The molecule has 2 rings (SSSR count). The number of aromatic nitrogens is 2. The van der Waals surface area contributed by atoms with Crippen molar-refractivity contribution in [3.05, 3.63) is 42.4 Å². The number of ether oxygens (including phenoxy) is 1. The third-order valence-electron chi connectivity index (χ3n) is 2.84. The molecule has 0 aliphatic heterocycles. The molecule has 0 spiro atoms. The van der Waals surface area contributed by atoms with Crippen LogP contribution in [0.3, 0.4) is 0 Å². The standard InChI is InChI=1S/C12H11N2O.C5H12O2.Ir/c1-9-12(14-8-7-13-9)10-3-5-11(15-2)6-4-10;1-4(6)3-5(2)7;/h3,5-8H,1-2H3;4-7H,3H2,1-2H3;/q-1;;. The van der Waals surface area contributed by atoms with Crippen LogP contribution in [0.4, 0.5) is 0 Å². The van der Waals surface area contributed by atoms with Crippen molar-refractivity contribution in [3.8, 4) is 17.0 Å². The predicted octanol–water partition coefficient (Wildman–Crippen LogP) is 2.40. The third-order valence-corrected chi connectivity index (χ3v) is 2.84. The van der Waals surface area contributed by atoms with E-state index in [9.17, 15) is 0 Å². The largest absolute Gasteiger partial charge is 0.540 e. The zero-order chi connectivity index (χ0) is 16.5. The maximum absolute atomic E-state index is 8.56. The van der Waals surface area contributed by atoms with E-state index in [0.29, 0.717) is 6.42 Å². The van der Waals surface area contributed by atoms with Crippen molar-refractivity contribution < 1.29 is 35.1 Å². The molecule has 6 heteroatoms. The molecule has 0 saturated carbocycles. The Morgan fingerprint density at radius 2 is 1.74 bits per heavy atom. The smallest absolute Gasteiger partial charge is 0.0647 e. The van der Waals surface area contributed by atoms with Gasteiger partial charge in [0, 0.05) is 49.6 Å². The Morgan fingerprint density at radius 3 is 2.13 bits per heavy atom. The fourth-order valence-electron chi connectivity index (χ4n) is 1.85. The molecule has 0 saturated heterocycles. The van der Waals surface area contributed by atoms with Crippen LogP contribution in [0, 0.1) is 13.0 Å². The van der Waals surface area contributed by atoms with E-state index in [1.165, 1.54) is 0 Å². The van der Waals surface area contributed by atoms with E-state index in [4.69, 9.17) is 14.9 Å². The summed E-state index contributed by atoms with van der Waals surface area (Å²) in [4.78, 5) is 8.45. The third kappa shape index (κ3) is 8.18. The Bertz CT molecular complexity index is 554. The van der Waals surface area contributed by atoms with Gasteiger partial charge in [-0.25, -0.2) is 0 Å². The molecule has 2 N–H and O–H groups in total. The van der Waals surface area contributed by atoms with Gasteiger partial charge in [-0.15, -0.1) is 29.8 Å². The second kappa shape index (κ2) is 11.2. The summed E-state index contributed by atoms with van der Waals surface area (Å²) in [6.07, 6.45) is 3.09. The van der Waals surface area contributed by atoms with Crippen LogP contribution in [-0.2, 0) is 20.1 Å². The average molecular weight is 496 g/mol. The van der Waals surface area contributed by atoms with Crippen molar-refractivity contribution in [1.29, 1.82) is 0 Å². The number of methoxy groups -OCH3 is 1. The summed E-state index contributed by atoms with van der Waals surface area (Å²) in [6, 6.07) is 8.73. The maximum Gasteiger partial charge on any atom is 0.0647 e. The maximum atomic E-state index is 8.56. The van der Waals surface area contributed by atoms with Gasteiger partial charge in [-0.3, -0.25) is 4.98 Å². The zero-order valence-electron chi connectivity index (χ0n) is 13.8. The van der Waals surface area contributed by atoms with Gasteiger partial charge < -0.3 is 19.9 Å². The molecule has 129 valence electrons. The molecule has 2 atom stereocenters. The summed E-state index contributed by atoms with van der Waals surface area (Å²) in [6.45, 7) is 5.25. The van der Waals surface area contributed by atoms with Crippen molar-refractivity contribution in [2.45, 2.75) is 39.4 Å². The Morgan fingerprint density at radius 1 is 1.13 bits per heavy atom. The summed E-state index contributed by atoms with van der Waals surface area (Å²) in [5.74, 6) is 0.792. The second-order valence-electron chi connectivity index (χ2n) is 5.07. The predicted molar refractivity (Wildman–Crippen MR) is 85.6 cm³/mol. The molecule has 0 bridgehead atoms. The first-order chi connectivity index (χ1) is 10.4. The molecule has 23 heavy (non-hydrogen) atoms. The van der Waals surface area contributed by atoms with Gasteiger partial charge in [-0.05, 0) is 27.2 Å². The summed E-state index contributed by atoms with van der Waals surface area (Å²) in [7, 11) is 1.64. The first kappa shape index (κ1) is 21.7. The molecular formula is C17H23IrN2O3-. The van der Waals surface area contributed by atoms with Crippen molar-refractivity contribution in [3.63, 3.8) is 0 Å². The van der Waals surface area contributed by atoms with Gasteiger partial charge in [0.25, 0.3) is 0 Å². The Balaban J connectivity index is 0.000000522. The Hall–Kier alpha value is -1.33. The summed E-state index contributed by atoms with van der Waals surface area (Å²) in [5, 5.41) is 17.1. The van der Waals surface area contributed by atoms with Crippen LogP contribution in [0.1, 0.15) is 26.0 Å². The average Bonchev–Trinajstić information content (AvgIpc) is 2.47. The van der Waals surface area contributed by atoms with Gasteiger partial charge in [-0.1, -0.05) is 0 Å². The van der Waals surface area contributed by atoms with Crippen molar-refractivity contribution in [1.82, 2.24) is 9.97 Å². The molecule has 5 nitrogen and oxygen atoms in total. The molecule has 0 fully saturated rings. The van der Waals surface area contributed by atoms with E-state index in [1.54, 1.807) is 39.4 Å². The first-order valence-electron chi connectivity index (χ1n) is 7.13. The van der Waals surface area contributed by atoms with Gasteiger partial charge in [0.15, 0.2) is 0 Å². The number of nitrogens with zero attached hydrogens (tertiary/aromatic N) is 2. The van der Waals surface area contributed by atoms with Gasteiger partial charge in [-0.2, -0.15) is 0 Å². The van der Waals surface area contributed by atoms with Gasteiger partial charge in [0.05, 0.1) is 19.3 Å². The molecule has 0 amide bonds. The quantitative estimate of drug-likeness (QED) is 0.638. The SMILES string of the molecule is CC(O)CC(C)O.COc1c[c-]c(-c2nccnc2C)cc1.[Ir]. The van der Waals surface area contributed by atoms with Crippen LogP contribution >= 0.6 is 0 Å². The monoisotopic (exact) mass is 496 g/mol. The number of hydrogen-bond acceptors (Lipinski definition) is 5. The topological polar surface area (TPSA) is 75.5 Å². The number of aliphatic hydroxyl groups excluding tert-OH is 2. The minimum atomic E-state index is -0.375. The summed E-state index contributed by atoms with van der Waals surface area (Å²) >= 11 is 0.